The smallest absolute Gasteiger partial charge is 0.242 e. The van der Waals surface area contributed by atoms with Crippen molar-refractivity contribution in [3.8, 4) is 11.3 Å². The lowest BCUT2D eigenvalue weighted by Gasteiger charge is -2.38. The summed E-state index contributed by atoms with van der Waals surface area (Å²) in [7, 11) is 0. The van der Waals surface area contributed by atoms with E-state index in [1.807, 2.05) is 51.9 Å². The van der Waals surface area contributed by atoms with Crippen molar-refractivity contribution in [1.82, 2.24) is 24.2 Å². The van der Waals surface area contributed by atoms with Crippen LogP contribution in [0.15, 0.2) is 79.3 Å². The molecule has 7 heteroatoms. The molecule has 0 saturated carbocycles. The summed E-state index contributed by atoms with van der Waals surface area (Å²) in [5.74, 6) is 0.910. The number of hydrogen-bond acceptors (Lipinski definition) is 5. The Labute approximate surface area is 193 Å². The molecule has 1 aliphatic rings. The lowest BCUT2D eigenvalue weighted by molar-refractivity contribution is -0.131. The fourth-order valence-electron chi connectivity index (χ4n) is 4.45. The molecular formula is C26H28N6O. The summed E-state index contributed by atoms with van der Waals surface area (Å²) in [6, 6.07) is 20.9. The molecule has 3 heterocycles. The highest BCUT2D eigenvalue weighted by atomic mass is 16.2. The Hall–Kier alpha value is -3.71. The van der Waals surface area contributed by atoms with Crippen LogP contribution in [-0.2, 0) is 4.79 Å². The molecule has 1 N–H and O–H groups in total. The third-order valence-corrected chi connectivity index (χ3v) is 6.38. The Morgan fingerprint density at radius 1 is 1.00 bits per heavy atom. The maximum atomic E-state index is 13.0. The van der Waals surface area contributed by atoms with Crippen molar-refractivity contribution in [3.05, 3.63) is 84.8 Å². The number of benzene rings is 2. The zero-order valence-corrected chi connectivity index (χ0v) is 18.8. The summed E-state index contributed by atoms with van der Waals surface area (Å²) < 4.78 is 1.95. The Kier molecular flexibility index (Phi) is 6.04. The van der Waals surface area contributed by atoms with E-state index >= 15 is 0 Å². The molecule has 1 aliphatic heterocycles. The number of imidazole rings is 1. The topological polar surface area (TPSA) is 65.8 Å². The van der Waals surface area contributed by atoms with Crippen LogP contribution in [0.2, 0.25) is 0 Å². The van der Waals surface area contributed by atoms with E-state index in [1.54, 1.807) is 12.4 Å². The number of carbonyl (C=O) groups is 1. The molecule has 5 rings (SSSR count). The van der Waals surface area contributed by atoms with Crippen LogP contribution in [0.3, 0.4) is 0 Å². The molecule has 2 aromatic heterocycles. The van der Waals surface area contributed by atoms with Crippen molar-refractivity contribution >= 4 is 17.4 Å². The first kappa shape index (κ1) is 21.2. The first-order valence-corrected chi connectivity index (χ1v) is 11.4. The molecule has 1 atom stereocenters. The first-order valence-electron chi connectivity index (χ1n) is 11.4. The number of piperazine rings is 1. The highest BCUT2D eigenvalue weighted by molar-refractivity contribution is 5.83. The molecule has 1 amide bonds. The van der Waals surface area contributed by atoms with Gasteiger partial charge in [0.15, 0.2) is 5.65 Å². The van der Waals surface area contributed by atoms with E-state index in [4.69, 9.17) is 4.98 Å². The van der Waals surface area contributed by atoms with Crippen LogP contribution in [0, 0.1) is 0 Å². The molecule has 0 bridgehead atoms. The molecule has 1 fully saturated rings. The lowest BCUT2D eigenvalue weighted by atomic mass is 10.1. The monoisotopic (exact) mass is 440 g/mol. The number of aromatic nitrogens is 3. The van der Waals surface area contributed by atoms with Crippen molar-refractivity contribution in [1.29, 1.82) is 0 Å². The predicted molar refractivity (Wildman–Crippen MR) is 130 cm³/mol. The number of amides is 1. The van der Waals surface area contributed by atoms with Gasteiger partial charge < -0.3 is 10.2 Å². The van der Waals surface area contributed by atoms with Gasteiger partial charge in [-0.05, 0) is 12.5 Å². The van der Waals surface area contributed by atoms with E-state index < -0.39 is 0 Å². The molecule has 1 saturated heterocycles. The molecular weight excluding hydrogens is 412 g/mol. The maximum absolute atomic E-state index is 13.0. The Bertz CT molecular complexity index is 1220. The SMILES string of the molecule is CC(c1ccccc1)N1CCN(C(=O)CNc2c(-c3ccccc3)nc3cnccn23)CC1. The van der Waals surface area contributed by atoms with Gasteiger partial charge in [-0.3, -0.25) is 19.1 Å². The number of carbonyl (C=O) groups excluding carboxylic acids is 1. The minimum atomic E-state index is 0.102. The summed E-state index contributed by atoms with van der Waals surface area (Å²) in [6.45, 7) is 5.68. The van der Waals surface area contributed by atoms with E-state index in [0.29, 0.717) is 6.04 Å². The molecule has 2 aromatic carbocycles. The maximum Gasteiger partial charge on any atom is 0.242 e. The van der Waals surface area contributed by atoms with Crippen molar-refractivity contribution in [2.45, 2.75) is 13.0 Å². The fourth-order valence-corrected chi connectivity index (χ4v) is 4.45. The van der Waals surface area contributed by atoms with Crippen LogP contribution >= 0.6 is 0 Å². The van der Waals surface area contributed by atoms with E-state index in [-0.39, 0.29) is 12.5 Å². The molecule has 7 nitrogen and oxygen atoms in total. The molecule has 0 radical (unpaired) electrons. The Morgan fingerprint density at radius 3 is 2.42 bits per heavy atom. The van der Waals surface area contributed by atoms with E-state index in [9.17, 15) is 4.79 Å². The van der Waals surface area contributed by atoms with Gasteiger partial charge in [-0.15, -0.1) is 0 Å². The van der Waals surface area contributed by atoms with E-state index in [1.165, 1.54) is 5.56 Å². The number of nitrogens with one attached hydrogen (secondary N) is 1. The number of hydrogen-bond donors (Lipinski definition) is 1. The Balaban J connectivity index is 1.25. The van der Waals surface area contributed by atoms with Crippen LogP contribution in [0.4, 0.5) is 5.82 Å². The molecule has 168 valence electrons. The van der Waals surface area contributed by atoms with Crippen molar-refractivity contribution < 1.29 is 4.79 Å². The highest BCUT2D eigenvalue weighted by Gasteiger charge is 2.25. The largest absolute Gasteiger partial charge is 0.360 e. The summed E-state index contributed by atoms with van der Waals surface area (Å²) >= 11 is 0. The standard InChI is InChI=1S/C26H28N6O/c1-20(21-8-4-2-5-9-21)30-14-16-31(17-15-30)24(33)19-28-26-25(22-10-6-3-7-11-22)29-23-18-27-12-13-32(23)26/h2-13,18,20,28H,14-17,19H2,1H3. The van der Waals surface area contributed by atoms with Crippen molar-refractivity contribution in [2.24, 2.45) is 0 Å². The van der Waals surface area contributed by atoms with E-state index in [2.05, 4.69) is 46.4 Å². The average molecular weight is 441 g/mol. The number of nitrogens with zero attached hydrogens (tertiary/aromatic N) is 5. The summed E-state index contributed by atoms with van der Waals surface area (Å²) in [5, 5.41) is 3.36. The number of anilines is 1. The van der Waals surface area contributed by atoms with Crippen LogP contribution < -0.4 is 5.32 Å². The lowest BCUT2D eigenvalue weighted by Crippen LogP contribution is -2.50. The van der Waals surface area contributed by atoms with Crippen molar-refractivity contribution in [3.63, 3.8) is 0 Å². The predicted octanol–water partition coefficient (Wildman–Crippen LogP) is 3.71. The van der Waals surface area contributed by atoms with Gasteiger partial charge in [-0.2, -0.15) is 0 Å². The fraction of sp³-hybridized carbons (Fsp3) is 0.269. The third-order valence-electron chi connectivity index (χ3n) is 6.38. The minimum absolute atomic E-state index is 0.102. The van der Waals surface area contributed by atoms with E-state index in [0.717, 1.165) is 48.9 Å². The van der Waals surface area contributed by atoms with Gasteiger partial charge in [0.1, 0.15) is 11.5 Å². The second-order valence-corrected chi connectivity index (χ2v) is 8.34. The van der Waals surface area contributed by atoms with Gasteiger partial charge in [0.2, 0.25) is 5.91 Å². The normalized spacial score (nSPS) is 15.5. The van der Waals surface area contributed by atoms with Gasteiger partial charge >= 0.3 is 0 Å². The van der Waals surface area contributed by atoms with Crippen LogP contribution in [-0.4, -0.2) is 62.8 Å². The molecule has 1 unspecified atom stereocenters. The number of fused-ring (bicyclic) bond motifs is 1. The molecule has 0 aliphatic carbocycles. The van der Waals surface area contributed by atoms with Crippen LogP contribution in [0.5, 0.6) is 0 Å². The Morgan fingerprint density at radius 2 is 1.70 bits per heavy atom. The second-order valence-electron chi connectivity index (χ2n) is 8.34. The van der Waals surface area contributed by atoms with Crippen molar-refractivity contribution in [2.75, 3.05) is 38.0 Å². The summed E-state index contributed by atoms with van der Waals surface area (Å²) in [5.41, 5.74) is 3.88. The molecule has 33 heavy (non-hydrogen) atoms. The van der Waals surface area contributed by atoms with Gasteiger partial charge in [-0.25, -0.2) is 4.98 Å². The first-order chi connectivity index (χ1) is 16.2. The zero-order chi connectivity index (χ0) is 22.6. The zero-order valence-electron chi connectivity index (χ0n) is 18.8. The molecule has 0 spiro atoms. The van der Waals surface area contributed by atoms with Gasteiger partial charge in [0.25, 0.3) is 0 Å². The third kappa shape index (κ3) is 4.45. The average Bonchev–Trinajstić information content (AvgIpc) is 3.26. The summed E-state index contributed by atoms with van der Waals surface area (Å²) in [6.07, 6.45) is 5.32. The minimum Gasteiger partial charge on any atom is -0.360 e. The second kappa shape index (κ2) is 9.42. The number of rotatable bonds is 6. The van der Waals surface area contributed by atoms with Crippen LogP contribution in [0.1, 0.15) is 18.5 Å². The van der Waals surface area contributed by atoms with Gasteiger partial charge in [0, 0.05) is 50.2 Å². The summed E-state index contributed by atoms with van der Waals surface area (Å²) in [4.78, 5) is 26.3. The molecule has 4 aromatic rings. The van der Waals surface area contributed by atoms with Crippen LogP contribution in [0.25, 0.3) is 16.9 Å². The quantitative estimate of drug-likeness (QED) is 0.495. The van der Waals surface area contributed by atoms with Gasteiger partial charge in [0.05, 0.1) is 12.7 Å². The highest BCUT2D eigenvalue weighted by Crippen LogP contribution is 2.28. The van der Waals surface area contributed by atoms with Gasteiger partial charge in [-0.1, -0.05) is 60.7 Å².